The van der Waals surface area contributed by atoms with Crippen molar-refractivity contribution >= 4 is 52.5 Å². The lowest BCUT2D eigenvalue weighted by Crippen LogP contribution is -1.94. The second kappa shape index (κ2) is 11.6. The second-order valence-electron chi connectivity index (χ2n) is 7.22. The van der Waals surface area contributed by atoms with Gasteiger partial charge in [0.05, 0.1) is 15.6 Å². The first-order valence-electron chi connectivity index (χ1n) is 9.89. The van der Waals surface area contributed by atoms with Gasteiger partial charge in [0.2, 0.25) is 5.13 Å². The van der Waals surface area contributed by atoms with Gasteiger partial charge < -0.3 is 0 Å². The number of pyridine rings is 1. The summed E-state index contributed by atoms with van der Waals surface area (Å²) >= 11 is 15.8. The van der Waals surface area contributed by atoms with Crippen LogP contribution in [-0.4, -0.2) is 31.1 Å². The van der Waals surface area contributed by atoms with E-state index in [2.05, 4.69) is 18.8 Å². The number of aromatic nitrogens is 4. The first kappa shape index (κ1) is 25.1. The predicted octanol–water partition coefficient (Wildman–Crippen LogP) is 6.51. The maximum absolute atomic E-state index is 8.12. The summed E-state index contributed by atoms with van der Waals surface area (Å²) in [5.41, 5.74) is 5.06. The van der Waals surface area contributed by atoms with Crippen LogP contribution in [0.15, 0.2) is 53.1 Å². The molecule has 0 spiro atoms. The molecular weight excluding hydrogens is 499 g/mol. The Hall–Kier alpha value is -2.48. The minimum Gasteiger partial charge on any atom is -0.264 e. The molecule has 6 nitrogen and oxygen atoms in total. The van der Waals surface area contributed by atoms with E-state index in [-0.39, 0.29) is 6.15 Å². The molecule has 33 heavy (non-hydrogen) atoms. The van der Waals surface area contributed by atoms with Crippen molar-refractivity contribution in [2.45, 2.75) is 36.7 Å². The van der Waals surface area contributed by atoms with E-state index in [1.807, 2.05) is 60.0 Å². The molecule has 0 fully saturated rings. The van der Waals surface area contributed by atoms with Crippen molar-refractivity contribution < 1.29 is 9.59 Å². The van der Waals surface area contributed by atoms with E-state index in [4.69, 9.17) is 42.9 Å². The largest absolute Gasteiger partial charge is 0.373 e. The van der Waals surface area contributed by atoms with Crippen LogP contribution in [0.3, 0.4) is 0 Å². The van der Waals surface area contributed by atoms with Crippen LogP contribution < -0.4 is 0 Å². The molecular formula is C23H20Cl2N4O2S2. The summed E-state index contributed by atoms with van der Waals surface area (Å²) in [7, 11) is 0. The molecule has 0 amide bonds. The van der Waals surface area contributed by atoms with E-state index < -0.39 is 0 Å². The van der Waals surface area contributed by atoms with Gasteiger partial charge in [-0.3, -0.25) is 4.98 Å². The smallest absolute Gasteiger partial charge is 0.264 e. The molecule has 0 unspecified atom stereocenters. The minimum absolute atomic E-state index is 0.250. The second-order valence-corrected chi connectivity index (χ2v) is 10.9. The fourth-order valence-corrected chi connectivity index (χ4v) is 5.93. The molecule has 1 aromatic carbocycles. The number of carbonyl (C=O) groups excluding carboxylic acids is 2. The Balaban J connectivity index is 0.000000968. The fourth-order valence-electron chi connectivity index (χ4n) is 3.01. The zero-order chi connectivity index (χ0) is 24.0. The summed E-state index contributed by atoms with van der Waals surface area (Å²) < 4.78 is 3.03. The highest BCUT2D eigenvalue weighted by atomic mass is 35.5. The molecule has 0 saturated heterocycles. The third kappa shape index (κ3) is 6.53. The molecule has 0 radical (unpaired) electrons. The molecule has 0 aliphatic carbocycles. The first-order valence-corrected chi connectivity index (χ1v) is 12.3. The Morgan fingerprint density at radius 3 is 2.58 bits per heavy atom. The summed E-state index contributed by atoms with van der Waals surface area (Å²) in [4.78, 5) is 25.4. The van der Waals surface area contributed by atoms with Crippen molar-refractivity contribution in [3.8, 4) is 16.4 Å². The van der Waals surface area contributed by atoms with E-state index in [9.17, 15) is 0 Å². The number of thiazole rings is 1. The summed E-state index contributed by atoms with van der Waals surface area (Å²) in [5, 5.41) is 7.32. The van der Waals surface area contributed by atoms with Gasteiger partial charge in [-0.2, -0.15) is 14.7 Å². The summed E-state index contributed by atoms with van der Waals surface area (Å²) in [6.45, 7) is 6.38. The van der Waals surface area contributed by atoms with Gasteiger partial charge in [0.1, 0.15) is 0 Å². The van der Waals surface area contributed by atoms with Crippen molar-refractivity contribution in [1.82, 2.24) is 19.7 Å². The van der Waals surface area contributed by atoms with E-state index in [0.717, 1.165) is 33.2 Å². The lowest BCUT2D eigenvalue weighted by Gasteiger charge is -2.03. The Kier molecular flexibility index (Phi) is 8.83. The molecule has 4 aromatic rings. The molecule has 0 saturated carbocycles. The van der Waals surface area contributed by atoms with Crippen LogP contribution in [-0.2, 0) is 16.0 Å². The van der Waals surface area contributed by atoms with Crippen LogP contribution in [0, 0.1) is 6.92 Å². The third-order valence-corrected chi connectivity index (χ3v) is 7.30. The molecule has 170 valence electrons. The zero-order valence-corrected chi connectivity index (χ0v) is 21.2. The van der Waals surface area contributed by atoms with Gasteiger partial charge in [0, 0.05) is 45.9 Å². The number of rotatable bonds is 6. The van der Waals surface area contributed by atoms with E-state index in [1.54, 1.807) is 23.6 Å². The zero-order valence-electron chi connectivity index (χ0n) is 18.1. The van der Waals surface area contributed by atoms with E-state index >= 15 is 0 Å². The quantitative estimate of drug-likeness (QED) is 0.270. The van der Waals surface area contributed by atoms with Crippen LogP contribution in [0.5, 0.6) is 0 Å². The topological polar surface area (TPSA) is 77.7 Å². The molecule has 0 aliphatic rings. The van der Waals surface area contributed by atoms with Crippen LogP contribution >= 0.6 is 46.3 Å². The number of thioether (sulfide) groups is 1. The molecule has 10 heteroatoms. The van der Waals surface area contributed by atoms with Gasteiger partial charge >= 0.3 is 6.15 Å². The van der Waals surface area contributed by atoms with E-state index in [1.165, 1.54) is 4.21 Å². The normalized spacial score (nSPS) is 10.6. The Bertz CT molecular complexity index is 1270. The molecule has 3 heterocycles. The monoisotopic (exact) mass is 518 g/mol. The Morgan fingerprint density at radius 2 is 1.94 bits per heavy atom. The fraction of sp³-hybridized carbons (Fsp3) is 0.217. The maximum atomic E-state index is 8.12. The number of hydrogen-bond acceptors (Lipinski definition) is 7. The molecule has 0 N–H and O–H groups in total. The number of aryl methyl sites for hydroxylation is 1. The highest BCUT2D eigenvalue weighted by Gasteiger charge is 2.18. The number of hydrogen-bond donors (Lipinski definition) is 0. The van der Waals surface area contributed by atoms with Gasteiger partial charge in [-0.15, -0.1) is 11.8 Å². The Morgan fingerprint density at radius 1 is 1.18 bits per heavy atom. The van der Waals surface area contributed by atoms with Crippen molar-refractivity contribution in [2.24, 2.45) is 0 Å². The Labute approximate surface area is 210 Å². The van der Waals surface area contributed by atoms with Gasteiger partial charge in [-0.25, -0.2) is 9.67 Å². The van der Waals surface area contributed by atoms with Gasteiger partial charge in [0.25, 0.3) is 0 Å². The van der Waals surface area contributed by atoms with Gasteiger partial charge in [-0.1, -0.05) is 54.5 Å². The standard InChI is InChI=1S/C22H20Cl2N4S2.CO2/c1-13(2)29-21-20(16-5-4-8-25-11-16)26-22(30-21)28-12-17(14(3)27-28)9-15-6-7-18(23)10-19(15)24;2-1-3/h4-8,10-13H,9H2,1-3H3;. The number of halogens is 2. The number of nitrogens with zero attached hydrogens (tertiary/aromatic N) is 4. The summed E-state index contributed by atoms with van der Waals surface area (Å²) in [6.07, 6.45) is 6.61. The van der Waals surface area contributed by atoms with Gasteiger partial charge in [0.15, 0.2) is 0 Å². The molecule has 4 rings (SSSR count). The average Bonchev–Trinajstić information content (AvgIpc) is 3.34. The van der Waals surface area contributed by atoms with Gasteiger partial charge in [-0.05, 0) is 42.3 Å². The summed E-state index contributed by atoms with van der Waals surface area (Å²) in [6, 6.07) is 9.57. The number of benzene rings is 1. The van der Waals surface area contributed by atoms with Crippen molar-refractivity contribution in [2.75, 3.05) is 0 Å². The highest BCUT2D eigenvalue weighted by Crippen LogP contribution is 2.39. The van der Waals surface area contributed by atoms with Crippen molar-refractivity contribution in [1.29, 1.82) is 0 Å². The van der Waals surface area contributed by atoms with Crippen LogP contribution in [0.25, 0.3) is 16.4 Å². The minimum atomic E-state index is 0.250. The molecule has 0 atom stereocenters. The van der Waals surface area contributed by atoms with Crippen LogP contribution in [0.1, 0.15) is 30.7 Å². The summed E-state index contributed by atoms with van der Waals surface area (Å²) in [5.74, 6) is 0. The SMILES string of the molecule is Cc1nn(-c2nc(-c3cccnc3)c(SC(C)C)s2)cc1Cc1ccc(Cl)cc1Cl.O=C=O. The highest BCUT2D eigenvalue weighted by molar-refractivity contribution is 8.01. The first-order chi connectivity index (χ1) is 15.8. The lowest BCUT2D eigenvalue weighted by molar-refractivity contribution is -0.191. The molecule has 3 aromatic heterocycles. The lowest BCUT2D eigenvalue weighted by atomic mass is 10.1. The molecule has 0 aliphatic heterocycles. The predicted molar refractivity (Wildman–Crippen MR) is 132 cm³/mol. The van der Waals surface area contributed by atoms with E-state index in [0.29, 0.717) is 21.7 Å². The van der Waals surface area contributed by atoms with Crippen LogP contribution in [0.4, 0.5) is 0 Å². The van der Waals surface area contributed by atoms with Crippen molar-refractivity contribution in [3.63, 3.8) is 0 Å². The van der Waals surface area contributed by atoms with Crippen LogP contribution in [0.2, 0.25) is 10.0 Å². The maximum Gasteiger partial charge on any atom is 0.373 e. The molecule has 0 bridgehead atoms. The average molecular weight is 519 g/mol. The third-order valence-electron chi connectivity index (χ3n) is 4.46. The van der Waals surface area contributed by atoms with Crippen molar-refractivity contribution in [3.05, 3.63) is 75.8 Å².